The molecule has 0 aliphatic heterocycles. The van der Waals surface area contributed by atoms with Crippen molar-refractivity contribution in [1.82, 2.24) is 0 Å². The molecule has 0 heterocycles. The standard InChI is InChI=1S/C24H23F3O/c1-2-3-4-5-17-6-8-19(9-7-17)22-15-12-20(16-23(22)25)18-10-13-21(14-11-18)28-24(26)27/h6-16,24H,2-5H2,1H3. The minimum Gasteiger partial charge on any atom is -0.435 e. The van der Waals surface area contributed by atoms with Crippen LogP contribution in [-0.4, -0.2) is 6.61 Å². The Labute approximate surface area is 163 Å². The van der Waals surface area contributed by atoms with E-state index < -0.39 is 6.61 Å². The van der Waals surface area contributed by atoms with Gasteiger partial charge in [-0.1, -0.05) is 68.3 Å². The zero-order valence-electron chi connectivity index (χ0n) is 15.8. The van der Waals surface area contributed by atoms with E-state index in [0.717, 1.165) is 17.5 Å². The van der Waals surface area contributed by atoms with E-state index >= 15 is 0 Å². The van der Waals surface area contributed by atoms with Gasteiger partial charge in [-0.05, 0) is 53.3 Å². The van der Waals surface area contributed by atoms with E-state index in [4.69, 9.17) is 0 Å². The number of unbranched alkanes of at least 4 members (excludes halogenated alkanes) is 2. The first kappa shape index (κ1) is 20.0. The second-order valence-corrected chi connectivity index (χ2v) is 6.75. The number of rotatable bonds is 8. The van der Waals surface area contributed by atoms with Crippen LogP contribution in [0.5, 0.6) is 5.75 Å². The first-order valence-corrected chi connectivity index (χ1v) is 9.51. The Bertz CT molecular complexity index is 887. The van der Waals surface area contributed by atoms with E-state index in [0.29, 0.717) is 11.1 Å². The van der Waals surface area contributed by atoms with Gasteiger partial charge in [0.25, 0.3) is 0 Å². The van der Waals surface area contributed by atoms with Gasteiger partial charge >= 0.3 is 6.61 Å². The lowest BCUT2D eigenvalue weighted by Gasteiger charge is -2.09. The molecule has 0 bridgehead atoms. The van der Waals surface area contributed by atoms with E-state index in [1.165, 1.54) is 43.0 Å². The molecule has 0 saturated carbocycles. The van der Waals surface area contributed by atoms with E-state index in [2.05, 4.69) is 23.8 Å². The molecule has 0 fully saturated rings. The number of benzene rings is 3. The molecular formula is C24H23F3O. The Hall–Kier alpha value is -2.75. The summed E-state index contributed by atoms with van der Waals surface area (Å²) in [5.41, 5.74) is 4.06. The summed E-state index contributed by atoms with van der Waals surface area (Å²) < 4.78 is 43.5. The molecule has 146 valence electrons. The van der Waals surface area contributed by atoms with Gasteiger partial charge in [-0.2, -0.15) is 8.78 Å². The normalized spacial score (nSPS) is 11.0. The molecule has 0 radical (unpaired) electrons. The fraction of sp³-hybridized carbons (Fsp3) is 0.250. The van der Waals surface area contributed by atoms with Crippen molar-refractivity contribution < 1.29 is 17.9 Å². The quantitative estimate of drug-likeness (QED) is 0.366. The Balaban J connectivity index is 1.75. The van der Waals surface area contributed by atoms with Crippen LogP contribution in [0.1, 0.15) is 31.7 Å². The van der Waals surface area contributed by atoms with E-state index in [1.807, 2.05) is 18.2 Å². The van der Waals surface area contributed by atoms with Crippen molar-refractivity contribution in [2.24, 2.45) is 0 Å². The Morgan fingerprint density at radius 1 is 0.786 bits per heavy atom. The van der Waals surface area contributed by atoms with Crippen LogP contribution >= 0.6 is 0 Å². The van der Waals surface area contributed by atoms with Gasteiger partial charge in [0.2, 0.25) is 0 Å². The third kappa shape index (κ3) is 5.16. The average molecular weight is 384 g/mol. The number of aryl methyl sites for hydroxylation is 1. The van der Waals surface area contributed by atoms with Gasteiger partial charge in [-0.25, -0.2) is 4.39 Å². The van der Waals surface area contributed by atoms with E-state index in [1.54, 1.807) is 18.2 Å². The lowest BCUT2D eigenvalue weighted by Crippen LogP contribution is -2.01. The molecule has 3 aromatic carbocycles. The first-order valence-electron chi connectivity index (χ1n) is 9.51. The van der Waals surface area contributed by atoms with Gasteiger partial charge in [0.15, 0.2) is 0 Å². The van der Waals surface area contributed by atoms with Crippen molar-refractivity contribution in [3.8, 4) is 28.0 Å². The van der Waals surface area contributed by atoms with Crippen molar-refractivity contribution in [3.63, 3.8) is 0 Å². The molecule has 0 aliphatic rings. The van der Waals surface area contributed by atoms with Crippen LogP contribution in [0.25, 0.3) is 22.3 Å². The van der Waals surface area contributed by atoms with Crippen LogP contribution in [0.15, 0.2) is 66.7 Å². The highest BCUT2D eigenvalue weighted by atomic mass is 19.3. The summed E-state index contributed by atoms with van der Waals surface area (Å²) in [6.45, 7) is -0.679. The molecule has 3 aromatic rings. The van der Waals surface area contributed by atoms with Crippen LogP contribution in [-0.2, 0) is 6.42 Å². The largest absolute Gasteiger partial charge is 0.435 e. The van der Waals surface area contributed by atoms with Crippen molar-refractivity contribution in [3.05, 3.63) is 78.1 Å². The molecule has 1 nitrogen and oxygen atoms in total. The molecule has 4 heteroatoms. The summed E-state index contributed by atoms with van der Waals surface area (Å²) in [5.74, 6) is -0.237. The topological polar surface area (TPSA) is 9.23 Å². The zero-order valence-corrected chi connectivity index (χ0v) is 15.8. The summed E-state index contributed by atoms with van der Waals surface area (Å²) >= 11 is 0. The summed E-state index contributed by atoms with van der Waals surface area (Å²) in [7, 11) is 0. The van der Waals surface area contributed by atoms with Gasteiger partial charge in [0.1, 0.15) is 11.6 Å². The monoisotopic (exact) mass is 384 g/mol. The van der Waals surface area contributed by atoms with Crippen LogP contribution < -0.4 is 4.74 Å². The smallest absolute Gasteiger partial charge is 0.387 e. The lowest BCUT2D eigenvalue weighted by molar-refractivity contribution is -0.0498. The highest BCUT2D eigenvalue weighted by Gasteiger charge is 2.09. The fourth-order valence-electron chi connectivity index (χ4n) is 3.19. The molecule has 0 N–H and O–H groups in total. The maximum Gasteiger partial charge on any atom is 0.387 e. The molecule has 0 aliphatic carbocycles. The molecule has 0 aromatic heterocycles. The number of halogens is 3. The SMILES string of the molecule is CCCCCc1ccc(-c2ccc(-c3ccc(OC(F)F)cc3)cc2F)cc1. The Kier molecular flexibility index (Phi) is 6.75. The van der Waals surface area contributed by atoms with Gasteiger partial charge in [0, 0.05) is 5.56 Å². The minimum absolute atomic E-state index is 0.0786. The van der Waals surface area contributed by atoms with Crippen LogP contribution in [0.2, 0.25) is 0 Å². The fourth-order valence-corrected chi connectivity index (χ4v) is 3.19. The Morgan fingerprint density at radius 2 is 1.43 bits per heavy atom. The van der Waals surface area contributed by atoms with Crippen LogP contribution in [0.4, 0.5) is 13.2 Å². The number of alkyl halides is 2. The molecular weight excluding hydrogens is 361 g/mol. The number of ether oxygens (including phenoxy) is 1. The summed E-state index contributed by atoms with van der Waals surface area (Å²) in [6, 6.07) is 19.2. The molecule has 3 rings (SSSR count). The van der Waals surface area contributed by atoms with Crippen molar-refractivity contribution in [2.75, 3.05) is 0 Å². The maximum absolute atomic E-state index is 14.7. The van der Waals surface area contributed by atoms with Gasteiger partial charge in [-0.3, -0.25) is 0 Å². The predicted molar refractivity (Wildman–Crippen MR) is 107 cm³/mol. The third-order valence-electron chi connectivity index (χ3n) is 4.72. The molecule has 0 spiro atoms. The minimum atomic E-state index is -2.86. The second-order valence-electron chi connectivity index (χ2n) is 6.75. The van der Waals surface area contributed by atoms with Crippen molar-refractivity contribution in [2.45, 2.75) is 39.2 Å². The molecule has 0 atom stereocenters. The molecule has 0 saturated heterocycles. The van der Waals surface area contributed by atoms with Crippen molar-refractivity contribution in [1.29, 1.82) is 0 Å². The summed E-state index contributed by atoms with van der Waals surface area (Å²) in [4.78, 5) is 0. The molecule has 0 amide bonds. The van der Waals surface area contributed by atoms with Crippen LogP contribution in [0, 0.1) is 5.82 Å². The zero-order chi connectivity index (χ0) is 19.9. The molecule has 0 unspecified atom stereocenters. The third-order valence-corrected chi connectivity index (χ3v) is 4.72. The van der Waals surface area contributed by atoms with Crippen molar-refractivity contribution >= 4 is 0 Å². The molecule has 28 heavy (non-hydrogen) atoms. The number of hydrogen-bond acceptors (Lipinski definition) is 1. The highest BCUT2D eigenvalue weighted by Crippen LogP contribution is 2.29. The van der Waals surface area contributed by atoms with Crippen LogP contribution in [0.3, 0.4) is 0 Å². The van der Waals surface area contributed by atoms with Gasteiger partial charge in [0.05, 0.1) is 0 Å². The Morgan fingerprint density at radius 3 is 2.04 bits per heavy atom. The van der Waals surface area contributed by atoms with Gasteiger partial charge in [-0.15, -0.1) is 0 Å². The van der Waals surface area contributed by atoms with E-state index in [9.17, 15) is 13.2 Å². The first-order chi connectivity index (χ1) is 13.6. The van der Waals surface area contributed by atoms with E-state index in [-0.39, 0.29) is 11.6 Å². The lowest BCUT2D eigenvalue weighted by atomic mass is 9.98. The summed E-state index contributed by atoms with van der Waals surface area (Å²) in [6.07, 6.45) is 4.62. The predicted octanol–water partition coefficient (Wildman–Crippen LogP) is 7.49. The maximum atomic E-state index is 14.7. The highest BCUT2D eigenvalue weighted by molar-refractivity contribution is 5.71. The average Bonchev–Trinajstić information content (AvgIpc) is 2.69. The number of hydrogen-bond donors (Lipinski definition) is 0. The second kappa shape index (κ2) is 9.45. The van der Waals surface area contributed by atoms with Gasteiger partial charge < -0.3 is 4.74 Å². The summed E-state index contributed by atoms with van der Waals surface area (Å²) in [5, 5.41) is 0.